The Morgan fingerprint density at radius 2 is 1.96 bits per heavy atom. The summed E-state index contributed by atoms with van der Waals surface area (Å²) in [6.45, 7) is 9.32. The van der Waals surface area contributed by atoms with Gasteiger partial charge in [0, 0.05) is 11.5 Å². The average molecular weight is 375 g/mol. The van der Waals surface area contributed by atoms with Crippen molar-refractivity contribution in [3.05, 3.63) is 46.5 Å². The van der Waals surface area contributed by atoms with E-state index >= 15 is 0 Å². The van der Waals surface area contributed by atoms with E-state index in [4.69, 9.17) is 0 Å². The highest BCUT2D eigenvalue weighted by atomic mass is 32.2. The van der Waals surface area contributed by atoms with Crippen LogP contribution in [-0.2, 0) is 14.4 Å². The van der Waals surface area contributed by atoms with Gasteiger partial charge in [-0.05, 0) is 25.0 Å². The molecule has 0 radical (unpaired) electrons. The van der Waals surface area contributed by atoms with E-state index in [0.29, 0.717) is 5.03 Å². The number of carbonyl (C=O) groups is 3. The Labute approximate surface area is 159 Å². The summed E-state index contributed by atoms with van der Waals surface area (Å²) in [5, 5.41) is 3.48. The van der Waals surface area contributed by atoms with Gasteiger partial charge in [0.15, 0.2) is 5.78 Å². The first-order valence-corrected chi connectivity index (χ1v) is 9.62. The van der Waals surface area contributed by atoms with Crippen LogP contribution in [0.2, 0.25) is 0 Å². The second kappa shape index (κ2) is 8.08. The summed E-state index contributed by atoms with van der Waals surface area (Å²) in [6.07, 6.45) is 1.48. The summed E-state index contributed by atoms with van der Waals surface area (Å²) in [4.78, 5) is 38.2. The number of hydrogen-bond donors (Lipinski definition) is 1. The maximum Gasteiger partial charge on any atom is 0.240 e. The lowest BCUT2D eigenvalue weighted by molar-refractivity contribution is -0.131. The zero-order chi connectivity index (χ0) is 19.5. The van der Waals surface area contributed by atoms with Crippen molar-refractivity contribution < 1.29 is 14.4 Å². The molecule has 1 aliphatic heterocycles. The molecule has 5 nitrogen and oxygen atoms in total. The average Bonchev–Trinajstić information content (AvgIpc) is 2.87. The molecule has 26 heavy (non-hydrogen) atoms. The van der Waals surface area contributed by atoms with Gasteiger partial charge in [-0.1, -0.05) is 56.8 Å². The monoisotopic (exact) mass is 374 g/mol. The number of nitrogens with zero attached hydrogens (tertiary/aromatic N) is 1. The van der Waals surface area contributed by atoms with E-state index in [1.165, 1.54) is 22.7 Å². The van der Waals surface area contributed by atoms with Gasteiger partial charge >= 0.3 is 0 Å². The largest absolute Gasteiger partial charge is 0.348 e. The molecule has 1 N–H and O–H groups in total. The molecule has 0 spiro atoms. The molecule has 1 saturated heterocycles. The number of thioether (sulfide) groups is 1. The summed E-state index contributed by atoms with van der Waals surface area (Å²) in [5.41, 5.74) is 1.62. The number of amides is 2. The predicted molar refractivity (Wildman–Crippen MR) is 104 cm³/mol. The van der Waals surface area contributed by atoms with Crippen molar-refractivity contribution in [3.8, 4) is 0 Å². The molecular formula is C20H26N2O3S. The Hall–Kier alpha value is -2.08. The number of rotatable bonds is 5. The van der Waals surface area contributed by atoms with Gasteiger partial charge in [0.1, 0.15) is 6.54 Å². The molecule has 1 aliphatic rings. The number of ketones is 1. The van der Waals surface area contributed by atoms with Crippen LogP contribution in [0, 0.1) is 12.3 Å². The minimum atomic E-state index is -0.521. The van der Waals surface area contributed by atoms with E-state index in [1.807, 2.05) is 58.9 Å². The van der Waals surface area contributed by atoms with Gasteiger partial charge in [0.25, 0.3) is 0 Å². The third-order valence-electron chi connectivity index (χ3n) is 4.24. The molecule has 2 amide bonds. The van der Waals surface area contributed by atoms with Crippen LogP contribution in [0.5, 0.6) is 0 Å². The van der Waals surface area contributed by atoms with Gasteiger partial charge < -0.3 is 5.32 Å². The Kier molecular flexibility index (Phi) is 6.29. The van der Waals surface area contributed by atoms with Crippen molar-refractivity contribution >= 4 is 29.4 Å². The quantitative estimate of drug-likeness (QED) is 0.804. The maximum atomic E-state index is 12.4. The summed E-state index contributed by atoms with van der Waals surface area (Å²) in [6, 6.07) is 7.71. The van der Waals surface area contributed by atoms with Crippen molar-refractivity contribution in [3.63, 3.8) is 0 Å². The third kappa shape index (κ3) is 4.97. The molecule has 2 rings (SSSR count). The minimum absolute atomic E-state index is 0.0617. The molecule has 0 bridgehead atoms. The summed E-state index contributed by atoms with van der Waals surface area (Å²) in [7, 11) is 0. The highest BCUT2D eigenvalue weighted by molar-refractivity contribution is 8.04. The molecule has 1 atom stereocenters. The molecular weight excluding hydrogens is 348 g/mol. The van der Waals surface area contributed by atoms with Crippen molar-refractivity contribution in [2.45, 2.75) is 40.7 Å². The first kappa shape index (κ1) is 20.2. The van der Waals surface area contributed by atoms with Gasteiger partial charge in [-0.2, -0.15) is 0 Å². The van der Waals surface area contributed by atoms with Crippen LogP contribution < -0.4 is 5.32 Å². The number of allylic oxidation sites excluding steroid dienone is 1. The van der Waals surface area contributed by atoms with E-state index < -0.39 is 5.41 Å². The fourth-order valence-corrected chi connectivity index (χ4v) is 3.55. The van der Waals surface area contributed by atoms with Gasteiger partial charge in [-0.15, -0.1) is 0 Å². The van der Waals surface area contributed by atoms with E-state index in [1.54, 1.807) is 0 Å². The number of benzene rings is 1. The van der Waals surface area contributed by atoms with Crippen LogP contribution in [0.3, 0.4) is 0 Å². The molecule has 1 aromatic rings. The lowest BCUT2D eigenvalue weighted by Crippen LogP contribution is -2.39. The first-order valence-electron chi connectivity index (χ1n) is 8.64. The highest BCUT2D eigenvalue weighted by Crippen LogP contribution is 2.30. The van der Waals surface area contributed by atoms with Crippen molar-refractivity contribution in [1.29, 1.82) is 0 Å². The zero-order valence-electron chi connectivity index (χ0n) is 16.0. The van der Waals surface area contributed by atoms with Crippen LogP contribution in [0.1, 0.15) is 44.9 Å². The first-order chi connectivity index (χ1) is 12.1. The summed E-state index contributed by atoms with van der Waals surface area (Å²) < 4.78 is 0. The zero-order valence-corrected chi connectivity index (χ0v) is 16.8. The van der Waals surface area contributed by atoms with E-state index in [2.05, 4.69) is 5.32 Å². The SMILES string of the molecule is Cc1ccccc1C(C)NC(=O)CN1C(=O)CS/C1=C\C(=O)C(C)(C)C. The summed E-state index contributed by atoms with van der Waals surface area (Å²) in [5.74, 6) is -0.204. The van der Waals surface area contributed by atoms with Crippen LogP contribution in [0.25, 0.3) is 0 Å². The Balaban J connectivity index is 2.06. The molecule has 0 aliphatic carbocycles. The van der Waals surface area contributed by atoms with Crippen LogP contribution in [-0.4, -0.2) is 34.8 Å². The minimum Gasteiger partial charge on any atom is -0.348 e. The van der Waals surface area contributed by atoms with Gasteiger partial charge in [0.05, 0.1) is 16.8 Å². The van der Waals surface area contributed by atoms with Gasteiger partial charge in [-0.25, -0.2) is 0 Å². The number of carbonyl (C=O) groups excluding carboxylic acids is 3. The predicted octanol–water partition coefficient (Wildman–Crippen LogP) is 3.20. The molecule has 1 fully saturated rings. The smallest absolute Gasteiger partial charge is 0.240 e. The second-order valence-electron chi connectivity index (χ2n) is 7.51. The third-order valence-corrected chi connectivity index (χ3v) is 5.26. The Morgan fingerprint density at radius 3 is 2.58 bits per heavy atom. The molecule has 0 saturated carbocycles. The van der Waals surface area contributed by atoms with Gasteiger partial charge in [-0.3, -0.25) is 19.3 Å². The normalized spacial score (nSPS) is 17.5. The van der Waals surface area contributed by atoms with E-state index in [0.717, 1.165) is 11.1 Å². The number of hydrogen-bond acceptors (Lipinski definition) is 4. The molecule has 140 valence electrons. The van der Waals surface area contributed by atoms with Crippen molar-refractivity contribution in [2.75, 3.05) is 12.3 Å². The molecule has 6 heteroatoms. The fourth-order valence-electron chi connectivity index (χ4n) is 2.61. The fraction of sp³-hybridized carbons (Fsp3) is 0.450. The standard InChI is InChI=1S/C20H26N2O3S/c1-13-8-6-7-9-15(13)14(2)21-17(24)11-22-18(25)12-26-19(22)10-16(23)20(3,4)5/h6-10,14H,11-12H2,1-5H3,(H,21,24)/b19-10-. The number of aryl methyl sites for hydroxylation is 1. The number of nitrogens with one attached hydrogen (secondary N) is 1. The maximum absolute atomic E-state index is 12.4. The molecule has 1 heterocycles. The van der Waals surface area contributed by atoms with E-state index in [-0.39, 0.29) is 35.9 Å². The van der Waals surface area contributed by atoms with Crippen molar-refractivity contribution in [1.82, 2.24) is 10.2 Å². The van der Waals surface area contributed by atoms with Crippen LogP contribution in [0.15, 0.2) is 35.4 Å². The van der Waals surface area contributed by atoms with Crippen LogP contribution in [0.4, 0.5) is 0 Å². The molecule has 0 aromatic heterocycles. The van der Waals surface area contributed by atoms with Crippen LogP contribution >= 0.6 is 11.8 Å². The van der Waals surface area contributed by atoms with E-state index in [9.17, 15) is 14.4 Å². The lowest BCUT2D eigenvalue weighted by Gasteiger charge is -2.21. The van der Waals surface area contributed by atoms with Gasteiger partial charge in [0.2, 0.25) is 11.8 Å². The Morgan fingerprint density at radius 1 is 1.31 bits per heavy atom. The summed E-state index contributed by atoms with van der Waals surface area (Å²) >= 11 is 1.30. The highest BCUT2D eigenvalue weighted by Gasteiger charge is 2.31. The van der Waals surface area contributed by atoms with Crippen molar-refractivity contribution in [2.24, 2.45) is 5.41 Å². The molecule has 1 unspecified atom stereocenters. The topological polar surface area (TPSA) is 66.5 Å². The molecule has 1 aromatic carbocycles. The lowest BCUT2D eigenvalue weighted by atomic mass is 9.91. The Bertz CT molecular complexity index is 750. The second-order valence-corrected chi connectivity index (χ2v) is 8.51.